The van der Waals surface area contributed by atoms with Crippen LogP contribution in [0.15, 0.2) is 21.6 Å². The summed E-state index contributed by atoms with van der Waals surface area (Å²) < 4.78 is 28.5. The van der Waals surface area contributed by atoms with Crippen molar-refractivity contribution in [2.75, 3.05) is 11.7 Å². The number of hydrogen-bond acceptors (Lipinski definition) is 6. The van der Waals surface area contributed by atoms with Gasteiger partial charge in [-0.1, -0.05) is 6.42 Å². The molecular formula is C12H19BrN4O2S2. The predicted molar refractivity (Wildman–Crippen MR) is 89.6 cm³/mol. The van der Waals surface area contributed by atoms with Gasteiger partial charge in [0.25, 0.3) is 0 Å². The first-order valence-electron chi connectivity index (χ1n) is 6.63. The third-order valence-electron chi connectivity index (χ3n) is 3.53. The molecule has 0 amide bonds. The molecule has 0 bridgehead atoms. The van der Waals surface area contributed by atoms with Gasteiger partial charge in [0, 0.05) is 22.0 Å². The molecular weight excluding hydrogens is 376 g/mol. The van der Waals surface area contributed by atoms with E-state index >= 15 is 0 Å². The summed E-state index contributed by atoms with van der Waals surface area (Å²) in [7, 11) is -3.65. The van der Waals surface area contributed by atoms with Gasteiger partial charge in [-0.2, -0.15) is 11.8 Å². The maximum absolute atomic E-state index is 12.6. The first kappa shape index (κ1) is 17.0. The van der Waals surface area contributed by atoms with Crippen LogP contribution in [0.4, 0.5) is 5.82 Å². The number of halogens is 1. The number of aromatic nitrogens is 1. The number of anilines is 1. The quantitative estimate of drug-likeness (QED) is 0.522. The number of pyridine rings is 1. The molecule has 0 radical (unpaired) electrons. The van der Waals surface area contributed by atoms with Crippen LogP contribution in [0.25, 0.3) is 0 Å². The monoisotopic (exact) mass is 394 g/mol. The fraction of sp³-hybridized carbons (Fsp3) is 0.583. The zero-order chi connectivity index (χ0) is 15.5. The molecule has 1 aromatic heterocycles. The summed E-state index contributed by atoms with van der Waals surface area (Å²) in [6, 6.07) is 1.46. The fourth-order valence-electron chi connectivity index (χ4n) is 2.48. The lowest BCUT2D eigenvalue weighted by Gasteiger charge is -2.28. The highest BCUT2D eigenvalue weighted by atomic mass is 79.9. The average Bonchev–Trinajstić information content (AvgIpc) is 2.47. The third kappa shape index (κ3) is 4.32. The van der Waals surface area contributed by atoms with Crippen molar-refractivity contribution in [1.82, 2.24) is 9.71 Å². The van der Waals surface area contributed by atoms with Crippen molar-refractivity contribution in [3.8, 4) is 0 Å². The number of nitrogens with zero attached hydrogens (tertiary/aromatic N) is 1. The molecule has 1 saturated carbocycles. The van der Waals surface area contributed by atoms with Crippen molar-refractivity contribution < 1.29 is 8.42 Å². The number of nitrogen functional groups attached to an aromatic ring is 1. The number of nitrogens with two attached hydrogens (primary N) is 1. The molecule has 9 heteroatoms. The van der Waals surface area contributed by atoms with Crippen molar-refractivity contribution in [1.29, 1.82) is 0 Å². The molecule has 0 aliphatic heterocycles. The Balaban J connectivity index is 2.20. The van der Waals surface area contributed by atoms with Crippen LogP contribution in [0.3, 0.4) is 0 Å². The Morgan fingerprint density at radius 3 is 2.90 bits per heavy atom. The van der Waals surface area contributed by atoms with Crippen molar-refractivity contribution in [3.63, 3.8) is 0 Å². The largest absolute Gasteiger partial charge is 0.307 e. The molecule has 2 rings (SSSR count). The highest BCUT2D eigenvalue weighted by Gasteiger charge is 2.28. The van der Waals surface area contributed by atoms with E-state index in [0.29, 0.717) is 9.72 Å². The zero-order valence-electron chi connectivity index (χ0n) is 11.7. The second-order valence-corrected chi connectivity index (χ2v) is 8.72. The predicted octanol–water partition coefficient (Wildman–Crippen LogP) is 2.08. The minimum absolute atomic E-state index is 0.0363. The standard InChI is InChI=1S/C12H19BrN4O2S2/c1-20-10-4-2-3-9(6-10)17-21(18,19)11-5-8(13)7-15-12(11)16-14/h5,7,9-10,17H,2-4,6,14H2,1H3,(H,15,16). The first-order valence-corrected chi connectivity index (χ1v) is 10.2. The Morgan fingerprint density at radius 2 is 2.24 bits per heavy atom. The molecule has 4 N–H and O–H groups in total. The lowest BCUT2D eigenvalue weighted by atomic mass is 9.96. The van der Waals surface area contributed by atoms with Gasteiger partial charge in [0.2, 0.25) is 10.0 Å². The number of nitrogens with one attached hydrogen (secondary N) is 2. The van der Waals surface area contributed by atoms with Crippen LogP contribution in [0, 0.1) is 0 Å². The molecule has 2 unspecified atom stereocenters. The van der Waals surface area contributed by atoms with E-state index in [9.17, 15) is 8.42 Å². The van der Waals surface area contributed by atoms with E-state index < -0.39 is 10.0 Å². The van der Waals surface area contributed by atoms with E-state index in [2.05, 4.69) is 37.3 Å². The number of hydrogen-bond donors (Lipinski definition) is 3. The van der Waals surface area contributed by atoms with Gasteiger partial charge in [-0.3, -0.25) is 0 Å². The number of sulfonamides is 1. The fourth-order valence-corrected chi connectivity index (χ4v) is 5.22. The molecule has 0 spiro atoms. The minimum Gasteiger partial charge on any atom is -0.307 e. The Morgan fingerprint density at radius 1 is 1.48 bits per heavy atom. The summed E-state index contributed by atoms with van der Waals surface area (Å²) in [5.74, 6) is 5.49. The van der Waals surface area contributed by atoms with Gasteiger partial charge in [0.1, 0.15) is 4.90 Å². The Hall–Kier alpha value is -0.350. The SMILES string of the molecule is CSC1CCCC(NS(=O)(=O)c2cc(Br)cnc2NN)C1. The van der Waals surface area contributed by atoms with E-state index in [1.54, 1.807) is 11.8 Å². The number of thioether (sulfide) groups is 1. The molecule has 1 aromatic rings. The summed E-state index contributed by atoms with van der Waals surface area (Å²) >= 11 is 5.03. The number of hydrazine groups is 1. The molecule has 0 saturated heterocycles. The third-order valence-corrected chi connectivity index (χ3v) is 6.59. The Bertz CT molecular complexity index is 597. The molecule has 0 aromatic carbocycles. The Kier molecular flexibility index (Phi) is 5.89. The lowest BCUT2D eigenvalue weighted by molar-refractivity contribution is 0.421. The topological polar surface area (TPSA) is 97.1 Å². The summed E-state index contributed by atoms with van der Waals surface area (Å²) in [4.78, 5) is 4.04. The lowest BCUT2D eigenvalue weighted by Crippen LogP contribution is -2.39. The van der Waals surface area contributed by atoms with Crippen LogP contribution in [-0.2, 0) is 10.0 Å². The van der Waals surface area contributed by atoms with Crippen LogP contribution in [0.5, 0.6) is 0 Å². The van der Waals surface area contributed by atoms with E-state index in [4.69, 9.17) is 5.84 Å². The van der Waals surface area contributed by atoms with Gasteiger partial charge in [-0.25, -0.2) is 24.0 Å². The smallest absolute Gasteiger partial charge is 0.244 e. The van der Waals surface area contributed by atoms with E-state index in [0.717, 1.165) is 25.7 Å². The molecule has 2 atom stereocenters. The van der Waals surface area contributed by atoms with Crippen LogP contribution in [0.1, 0.15) is 25.7 Å². The highest BCUT2D eigenvalue weighted by molar-refractivity contribution is 9.10. The van der Waals surface area contributed by atoms with Crippen LogP contribution < -0.4 is 16.0 Å². The van der Waals surface area contributed by atoms with Gasteiger partial charge in [0.05, 0.1) is 0 Å². The Labute approximate surface area is 137 Å². The van der Waals surface area contributed by atoms with Crippen LogP contribution in [0.2, 0.25) is 0 Å². The average molecular weight is 395 g/mol. The van der Waals surface area contributed by atoms with E-state index in [1.165, 1.54) is 12.3 Å². The molecule has 1 aliphatic carbocycles. The summed E-state index contributed by atoms with van der Waals surface area (Å²) in [5.41, 5.74) is 2.33. The molecule has 1 fully saturated rings. The van der Waals surface area contributed by atoms with E-state index in [-0.39, 0.29) is 16.8 Å². The molecule has 21 heavy (non-hydrogen) atoms. The zero-order valence-corrected chi connectivity index (χ0v) is 14.9. The second kappa shape index (κ2) is 7.28. The maximum Gasteiger partial charge on any atom is 0.244 e. The van der Waals surface area contributed by atoms with Gasteiger partial charge in [-0.15, -0.1) is 0 Å². The van der Waals surface area contributed by atoms with Crippen LogP contribution >= 0.6 is 27.7 Å². The second-order valence-electron chi connectivity index (χ2n) is 4.99. The van der Waals surface area contributed by atoms with Crippen LogP contribution in [-0.4, -0.2) is 30.9 Å². The maximum atomic E-state index is 12.6. The van der Waals surface area contributed by atoms with Crippen molar-refractivity contribution in [2.24, 2.45) is 5.84 Å². The van der Waals surface area contributed by atoms with Gasteiger partial charge in [0.15, 0.2) is 5.82 Å². The molecule has 1 heterocycles. The number of rotatable bonds is 5. The van der Waals surface area contributed by atoms with Gasteiger partial charge in [-0.05, 0) is 47.5 Å². The first-order chi connectivity index (χ1) is 9.96. The normalized spacial score (nSPS) is 23.0. The minimum atomic E-state index is -3.65. The molecule has 6 nitrogen and oxygen atoms in total. The van der Waals surface area contributed by atoms with Crippen molar-refractivity contribution in [3.05, 3.63) is 16.7 Å². The summed E-state index contributed by atoms with van der Waals surface area (Å²) in [6.45, 7) is 0. The van der Waals surface area contributed by atoms with Gasteiger partial charge < -0.3 is 5.43 Å². The molecule has 118 valence electrons. The summed E-state index contributed by atoms with van der Waals surface area (Å²) in [5, 5.41) is 0.513. The van der Waals surface area contributed by atoms with E-state index in [1.807, 2.05) is 0 Å². The highest BCUT2D eigenvalue weighted by Crippen LogP contribution is 2.29. The van der Waals surface area contributed by atoms with Crippen molar-refractivity contribution in [2.45, 2.75) is 41.9 Å². The van der Waals surface area contributed by atoms with Gasteiger partial charge >= 0.3 is 0 Å². The summed E-state index contributed by atoms with van der Waals surface area (Å²) in [6.07, 6.45) is 7.47. The molecule has 1 aliphatic rings. The van der Waals surface area contributed by atoms with Crippen molar-refractivity contribution >= 4 is 43.5 Å².